The van der Waals surface area contributed by atoms with Crippen LogP contribution >= 0.6 is 23.1 Å². The number of nitrogens with zero attached hydrogens (tertiary/aromatic N) is 5. The van der Waals surface area contributed by atoms with E-state index in [1.54, 1.807) is 35.2 Å². The van der Waals surface area contributed by atoms with Crippen molar-refractivity contribution in [3.05, 3.63) is 66.5 Å². The Bertz CT molecular complexity index is 1210. The predicted molar refractivity (Wildman–Crippen MR) is 120 cm³/mol. The molecule has 2 amide bonds. The number of carbonyl (C=O) groups is 2. The molecule has 0 aliphatic carbocycles. The molecule has 0 saturated heterocycles. The molecule has 0 unspecified atom stereocenters. The fourth-order valence-corrected chi connectivity index (χ4v) is 4.04. The first kappa shape index (κ1) is 20.7. The highest BCUT2D eigenvalue weighted by Gasteiger charge is 2.13. The smallest absolute Gasteiger partial charge is 0.257 e. The first-order valence-corrected chi connectivity index (χ1v) is 11.0. The minimum absolute atomic E-state index is 0.177. The second-order valence-electron chi connectivity index (χ2n) is 6.37. The van der Waals surface area contributed by atoms with Crippen LogP contribution in [-0.4, -0.2) is 42.5 Å². The predicted octanol–water partition coefficient (Wildman–Crippen LogP) is 3.32. The van der Waals surface area contributed by atoms with Gasteiger partial charge in [0.05, 0.1) is 5.75 Å². The van der Waals surface area contributed by atoms with E-state index >= 15 is 0 Å². The molecule has 4 rings (SSSR count). The molecular formula is C20H17N7O2S2. The van der Waals surface area contributed by atoms with Crippen LogP contribution in [0.15, 0.2) is 66.1 Å². The topological polar surface area (TPSA) is 115 Å². The summed E-state index contributed by atoms with van der Waals surface area (Å²) in [5.41, 5.74) is 1.86. The molecule has 0 radical (unpaired) electrons. The number of rotatable bonds is 7. The molecule has 31 heavy (non-hydrogen) atoms. The lowest BCUT2D eigenvalue weighted by Gasteiger charge is -2.07. The largest absolute Gasteiger partial charge is 0.325 e. The highest BCUT2D eigenvalue weighted by molar-refractivity contribution is 7.99. The van der Waals surface area contributed by atoms with Crippen molar-refractivity contribution in [3.8, 4) is 10.6 Å². The Morgan fingerprint density at radius 3 is 2.65 bits per heavy atom. The lowest BCUT2D eigenvalue weighted by molar-refractivity contribution is -0.113. The monoisotopic (exact) mass is 451 g/mol. The van der Waals surface area contributed by atoms with E-state index in [2.05, 4.69) is 31.0 Å². The zero-order valence-electron chi connectivity index (χ0n) is 16.3. The van der Waals surface area contributed by atoms with Crippen LogP contribution in [0, 0.1) is 0 Å². The van der Waals surface area contributed by atoms with Gasteiger partial charge in [0.15, 0.2) is 5.16 Å². The van der Waals surface area contributed by atoms with Crippen LogP contribution in [0.3, 0.4) is 0 Å². The molecule has 0 bridgehead atoms. The number of hydrogen-bond acceptors (Lipinski definition) is 8. The fourth-order valence-electron chi connectivity index (χ4n) is 2.61. The number of carbonyl (C=O) groups excluding carboxylic acids is 2. The van der Waals surface area contributed by atoms with Gasteiger partial charge < -0.3 is 9.88 Å². The van der Waals surface area contributed by atoms with Crippen LogP contribution in [-0.2, 0) is 11.8 Å². The third-order valence-corrected chi connectivity index (χ3v) is 6.00. The zero-order valence-corrected chi connectivity index (χ0v) is 18.0. The summed E-state index contributed by atoms with van der Waals surface area (Å²) in [5, 5.41) is 23.2. The average molecular weight is 452 g/mol. The van der Waals surface area contributed by atoms with Crippen molar-refractivity contribution in [2.75, 3.05) is 16.4 Å². The van der Waals surface area contributed by atoms with Crippen molar-refractivity contribution in [1.29, 1.82) is 0 Å². The molecule has 2 heterocycles. The quantitative estimate of drug-likeness (QED) is 0.414. The third-order valence-electron chi connectivity index (χ3n) is 4.08. The van der Waals surface area contributed by atoms with Crippen molar-refractivity contribution in [2.24, 2.45) is 7.05 Å². The third kappa shape index (κ3) is 5.32. The lowest BCUT2D eigenvalue weighted by Crippen LogP contribution is -2.16. The molecule has 0 spiro atoms. The van der Waals surface area contributed by atoms with Crippen molar-refractivity contribution < 1.29 is 9.59 Å². The SMILES string of the molecule is Cn1cnnc1SCC(=O)Nc1cccc(C(=O)Nc2nnc(-c3ccccc3)s2)c1. The molecule has 2 N–H and O–H groups in total. The van der Waals surface area contributed by atoms with Crippen LogP contribution in [0.5, 0.6) is 0 Å². The molecule has 11 heteroatoms. The van der Waals surface area contributed by atoms with Crippen molar-refractivity contribution in [1.82, 2.24) is 25.0 Å². The van der Waals surface area contributed by atoms with Gasteiger partial charge in [-0.3, -0.25) is 14.9 Å². The molecule has 0 fully saturated rings. The van der Waals surface area contributed by atoms with Crippen molar-refractivity contribution in [3.63, 3.8) is 0 Å². The van der Waals surface area contributed by atoms with Crippen LogP contribution < -0.4 is 10.6 Å². The van der Waals surface area contributed by atoms with E-state index in [9.17, 15) is 9.59 Å². The second-order valence-corrected chi connectivity index (χ2v) is 8.29. The number of hydrogen-bond donors (Lipinski definition) is 2. The number of aryl methyl sites for hydroxylation is 1. The van der Waals surface area contributed by atoms with Gasteiger partial charge in [-0.05, 0) is 18.2 Å². The average Bonchev–Trinajstić information content (AvgIpc) is 3.42. The molecule has 0 saturated carbocycles. The van der Waals surface area contributed by atoms with Gasteiger partial charge >= 0.3 is 0 Å². The molecular weight excluding hydrogens is 434 g/mol. The first-order valence-electron chi connectivity index (χ1n) is 9.15. The minimum Gasteiger partial charge on any atom is -0.325 e. The summed E-state index contributed by atoms with van der Waals surface area (Å²) in [6.07, 6.45) is 1.57. The maximum atomic E-state index is 12.6. The van der Waals surface area contributed by atoms with E-state index in [-0.39, 0.29) is 17.6 Å². The van der Waals surface area contributed by atoms with Gasteiger partial charge in [0, 0.05) is 23.9 Å². The number of thioether (sulfide) groups is 1. The van der Waals surface area contributed by atoms with Crippen molar-refractivity contribution >= 4 is 45.7 Å². The second kappa shape index (κ2) is 9.49. The number of anilines is 2. The van der Waals surface area contributed by atoms with Crippen LogP contribution in [0.4, 0.5) is 10.8 Å². The Labute approximate surface area is 185 Å². The summed E-state index contributed by atoms with van der Waals surface area (Å²) < 4.78 is 1.74. The Kier molecular flexibility index (Phi) is 6.34. The Morgan fingerprint density at radius 2 is 1.87 bits per heavy atom. The van der Waals surface area contributed by atoms with Gasteiger partial charge in [0.1, 0.15) is 11.3 Å². The molecule has 0 atom stereocenters. The normalized spacial score (nSPS) is 10.6. The van der Waals surface area contributed by atoms with Crippen LogP contribution in [0.25, 0.3) is 10.6 Å². The summed E-state index contributed by atoms with van der Waals surface area (Å²) in [7, 11) is 1.81. The molecule has 156 valence electrons. The highest BCUT2D eigenvalue weighted by Crippen LogP contribution is 2.26. The minimum atomic E-state index is -0.333. The van der Waals surface area contributed by atoms with Gasteiger partial charge in [-0.1, -0.05) is 59.5 Å². The standard InChI is InChI=1S/C20H17N7O2S2/c1-27-12-21-26-20(27)30-11-16(28)22-15-9-5-8-14(10-15)17(29)23-19-25-24-18(31-19)13-6-3-2-4-7-13/h2-10,12H,11H2,1H3,(H,22,28)(H,23,25,29). The lowest BCUT2D eigenvalue weighted by atomic mass is 10.2. The van der Waals surface area contributed by atoms with Gasteiger partial charge in [-0.2, -0.15) is 0 Å². The number of amides is 2. The summed E-state index contributed by atoms with van der Waals surface area (Å²) in [6, 6.07) is 16.3. The maximum absolute atomic E-state index is 12.6. The zero-order chi connectivity index (χ0) is 21.6. The van der Waals surface area contributed by atoms with Gasteiger partial charge in [-0.25, -0.2) is 0 Å². The number of aromatic nitrogens is 5. The number of benzene rings is 2. The van der Waals surface area contributed by atoms with Crippen LogP contribution in [0.1, 0.15) is 10.4 Å². The Hall–Kier alpha value is -3.57. The Balaban J connectivity index is 1.36. The van der Waals surface area contributed by atoms with E-state index in [0.29, 0.717) is 21.5 Å². The highest BCUT2D eigenvalue weighted by atomic mass is 32.2. The molecule has 2 aromatic heterocycles. The molecule has 0 aliphatic heterocycles. The summed E-state index contributed by atoms with van der Waals surface area (Å²) in [5.74, 6) is -0.363. The summed E-state index contributed by atoms with van der Waals surface area (Å²) in [6.45, 7) is 0. The van der Waals surface area contributed by atoms with Crippen molar-refractivity contribution in [2.45, 2.75) is 5.16 Å². The van der Waals surface area contributed by atoms with E-state index in [4.69, 9.17) is 0 Å². The molecule has 4 aromatic rings. The fraction of sp³-hybridized carbons (Fsp3) is 0.100. The molecule has 2 aromatic carbocycles. The maximum Gasteiger partial charge on any atom is 0.257 e. The van der Waals surface area contributed by atoms with Gasteiger partial charge in [0.2, 0.25) is 11.0 Å². The van der Waals surface area contributed by atoms with Gasteiger partial charge in [-0.15, -0.1) is 20.4 Å². The molecule has 9 nitrogen and oxygen atoms in total. The Morgan fingerprint density at radius 1 is 1.03 bits per heavy atom. The van der Waals surface area contributed by atoms with E-state index < -0.39 is 0 Å². The first-order chi connectivity index (χ1) is 15.1. The molecule has 0 aliphatic rings. The summed E-state index contributed by atoms with van der Waals surface area (Å²) >= 11 is 2.57. The van der Waals surface area contributed by atoms with E-state index in [1.807, 2.05) is 37.4 Å². The van der Waals surface area contributed by atoms with E-state index in [0.717, 1.165) is 10.6 Å². The summed E-state index contributed by atoms with van der Waals surface area (Å²) in [4.78, 5) is 24.8. The van der Waals surface area contributed by atoms with Crippen LogP contribution in [0.2, 0.25) is 0 Å². The van der Waals surface area contributed by atoms with E-state index in [1.165, 1.54) is 23.1 Å². The number of nitrogens with one attached hydrogen (secondary N) is 2. The van der Waals surface area contributed by atoms with Gasteiger partial charge in [0.25, 0.3) is 5.91 Å².